The molecule has 3 rings (SSSR count). The summed E-state index contributed by atoms with van der Waals surface area (Å²) in [6.45, 7) is 1.73. The Morgan fingerprint density at radius 3 is 2.88 bits per heavy atom. The van der Waals surface area contributed by atoms with Gasteiger partial charge in [-0.15, -0.1) is 0 Å². The van der Waals surface area contributed by atoms with Gasteiger partial charge in [-0.2, -0.15) is 5.26 Å². The van der Waals surface area contributed by atoms with Gasteiger partial charge in [0.2, 0.25) is 0 Å². The highest BCUT2D eigenvalue weighted by molar-refractivity contribution is 6.31. The lowest BCUT2D eigenvalue weighted by atomic mass is 10.1. The van der Waals surface area contributed by atoms with Crippen LogP contribution in [-0.4, -0.2) is 20.3 Å². The molecule has 8 heteroatoms. The van der Waals surface area contributed by atoms with Crippen molar-refractivity contribution >= 4 is 39.8 Å². The Labute approximate surface area is 147 Å². The molecule has 0 atom stereocenters. The van der Waals surface area contributed by atoms with Crippen LogP contribution in [0.25, 0.3) is 11.0 Å². The fourth-order valence-corrected chi connectivity index (χ4v) is 2.75. The molecule has 25 heavy (non-hydrogen) atoms. The molecule has 0 amide bonds. The lowest BCUT2D eigenvalue weighted by Crippen LogP contribution is -2.11. The van der Waals surface area contributed by atoms with E-state index in [2.05, 4.69) is 15.3 Å². The first-order valence-corrected chi connectivity index (χ1v) is 7.92. The van der Waals surface area contributed by atoms with Crippen LogP contribution < -0.4 is 11.0 Å². The highest BCUT2D eigenvalue weighted by Crippen LogP contribution is 2.28. The number of carbonyl (C=O) groups excluding carboxylic acids is 1. The Morgan fingerprint density at radius 2 is 2.20 bits per heavy atom. The number of fused-ring (bicyclic) bond motifs is 1. The Hall–Kier alpha value is -3.11. The largest absolute Gasteiger partial charge is 0.354 e. The molecule has 0 bridgehead atoms. The number of nitrogens with zero attached hydrogens (tertiary/aromatic N) is 3. The Morgan fingerprint density at radius 1 is 1.44 bits per heavy atom. The number of rotatable bonds is 4. The van der Waals surface area contributed by atoms with Crippen molar-refractivity contribution in [1.82, 2.24) is 14.5 Å². The molecule has 2 N–H and O–H groups in total. The van der Waals surface area contributed by atoms with E-state index in [1.807, 2.05) is 6.07 Å². The molecule has 0 unspecified atom stereocenters. The number of imidazole rings is 1. The number of pyridine rings is 1. The summed E-state index contributed by atoms with van der Waals surface area (Å²) in [5.74, 6) is -0.169. The second kappa shape index (κ2) is 6.42. The van der Waals surface area contributed by atoms with E-state index in [-0.39, 0.29) is 34.3 Å². The van der Waals surface area contributed by atoms with Crippen LogP contribution in [0.15, 0.2) is 29.1 Å². The van der Waals surface area contributed by atoms with Crippen LogP contribution in [0.3, 0.4) is 0 Å². The number of aromatic amines is 1. The summed E-state index contributed by atoms with van der Waals surface area (Å²) in [6, 6.07) is 8.79. The molecule has 0 aliphatic carbocycles. The van der Waals surface area contributed by atoms with Crippen molar-refractivity contribution < 1.29 is 4.79 Å². The van der Waals surface area contributed by atoms with Gasteiger partial charge in [-0.3, -0.25) is 9.36 Å². The minimum absolute atomic E-state index is 0.0292. The number of carbonyl (C=O) groups is 1. The molecule has 0 saturated carbocycles. The maximum Gasteiger partial charge on any atom is 0.326 e. The van der Waals surface area contributed by atoms with Gasteiger partial charge in [0.25, 0.3) is 0 Å². The van der Waals surface area contributed by atoms with E-state index < -0.39 is 0 Å². The number of hydrogen-bond acceptors (Lipinski definition) is 5. The number of halogens is 1. The van der Waals surface area contributed by atoms with Gasteiger partial charge in [-0.05, 0) is 24.3 Å². The van der Waals surface area contributed by atoms with E-state index in [0.29, 0.717) is 16.9 Å². The van der Waals surface area contributed by atoms with Crippen molar-refractivity contribution in [3.63, 3.8) is 0 Å². The van der Waals surface area contributed by atoms with Gasteiger partial charge in [-0.25, -0.2) is 9.78 Å². The van der Waals surface area contributed by atoms with Crippen LogP contribution in [0.4, 0.5) is 11.4 Å². The average Bonchev–Trinajstić information content (AvgIpc) is 2.87. The van der Waals surface area contributed by atoms with Crippen molar-refractivity contribution in [3.05, 3.63) is 51.2 Å². The molecule has 1 aromatic carbocycles. The Kier molecular flexibility index (Phi) is 4.30. The van der Waals surface area contributed by atoms with E-state index in [1.54, 1.807) is 32.2 Å². The van der Waals surface area contributed by atoms with Crippen LogP contribution in [0.2, 0.25) is 5.15 Å². The number of Topliss-reactive ketones (excluding diaryl/α,β-unsaturated/α-hetero) is 1. The quantitative estimate of drug-likeness (QED) is 0.552. The zero-order valence-electron chi connectivity index (χ0n) is 13.6. The summed E-state index contributed by atoms with van der Waals surface area (Å²) in [7, 11) is 1.67. The first-order chi connectivity index (χ1) is 11.9. The summed E-state index contributed by atoms with van der Waals surface area (Å²) in [6.07, 6.45) is 0.284. The van der Waals surface area contributed by atoms with Gasteiger partial charge in [0.1, 0.15) is 22.5 Å². The molecule has 0 aliphatic heterocycles. The number of ketones is 1. The minimum atomic E-state index is -0.215. The summed E-state index contributed by atoms with van der Waals surface area (Å²) in [4.78, 5) is 30.3. The van der Waals surface area contributed by atoms with Crippen molar-refractivity contribution in [2.45, 2.75) is 13.3 Å². The molecule has 2 aromatic heterocycles. The number of benzene rings is 1. The summed E-state index contributed by atoms with van der Waals surface area (Å²) >= 11 is 6.04. The second-order valence-corrected chi connectivity index (χ2v) is 5.81. The smallest absolute Gasteiger partial charge is 0.326 e. The fraction of sp³-hybridized carbons (Fsp3) is 0.176. The molecule has 0 spiro atoms. The van der Waals surface area contributed by atoms with Gasteiger partial charge in [0.05, 0.1) is 16.7 Å². The van der Waals surface area contributed by atoms with Crippen molar-refractivity contribution in [1.29, 1.82) is 5.26 Å². The molecule has 0 aliphatic rings. The third-order valence-electron chi connectivity index (χ3n) is 3.88. The maximum absolute atomic E-state index is 11.9. The second-order valence-electron chi connectivity index (χ2n) is 5.46. The third kappa shape index (κ3) is 2.99. The fourth-order valence-electron chi connectivity index (χ4n) is 2.51. The van der Waals surface area contributed by atoms with Gasteiger partial charge in [-0.1, -0.05) is 18.5 Å². The molecule has 3 aromatic rings. The van der Waals surface area contributed by atoms with Gasteiger partial charge in [0.15, 0.2) is 5.78 Å². The van der Waals surface area contributed by atoms with Crippen molar-refractivity contribution in [3.8, 4) is 6.07 Å². The van der Waals surface area contributed by atoms with Crippen LogP contribution in [0, 0.1) is 11.3 Å². The number of hydrogen-bond donors (Lipinski definition) is 2. The SMILES string of the molecule is CCC(=O)c1cc(Nc2ccc3c(c2)[nH]c(=O)n3C)c(C#N)c(Cl)n1. The molecular weight excluding hydrogens is 342 g/mol. The summed E-state index contributed by atoms with van der Waals surface area (Å²) in [5.41, 5.74) is 2.57. The zero-order valence-corrected chi connectivity index (χ0v) is 14.3. The lowest BCUT2D eigenvalue weighted by Gasteiger charge is -2.11. The van der Waals surface area contributed by atoms with Crippen molar-refractivity contribution in [2.75, 3.05) is 5.32 Å². The van der Waals surface area contributed by atoms with Gasteiger partial charge < -0.3 is 10.3 Å². The predicted molar refractivity (Wildman–Crippen MR) is 95.4 cm³/mol. The molecule has 0 fully saturated rings. The number of aromatic nitrogens is 3. The average molecular weight is 356 g/mol. The molecule has 0 saturated heterocycles. The van der Waals surface area contributed by atoms with Gasteiger partial charge in [0, 0.05) is 19.2 Å². The Balaban J connectivity index is 2.07. The predicted octanol–water partition coefficient (Wildman–Crippen LogP) is 3.12. The first kappa shape index (κ1) is 16.7. The van der Waals surface area contributed by atoms with Crippen LogP contribution >= 0.6 is 11.6 Å². The molecular formula is C17H14ClN5O2. The van der Waals surface area contributed by atoms with E-state index in [0.717, 1.165) is 5.52 Å². The first-order valence-electron chi connectivity index (χ1n) is 7.54. The summed E-state index contributed by atoms with van der Waals surface area (Å²) in [5, 5.41) is 12.4. The van der Waals surface area contributed by atoms with E-state index in [9.17, 15) is 14.9 Å². The zero-order chi connectivity index (χ0) is 18.1. The molecule has 7 nitrogen and oxygen atoms in total. The third-order valence-corrected chi connectivity index (χ3v) is 4.15. The maximum atomic E-state index is 11.9. The van der Waals surface area contributed by atoms with E-state index in [4.69, 9.17) is 11.6 Å². The Bertz CT molecular complexity index is 1090. The van der Waals surface area contributed by atoms with E-state index >= 15 is 0 Å². The van der Waals surface area contributed by atoms with E-state index in [1.165, 1.54) is 10.6 Å². The monoisotopic (exact) mass is 355 g/mol. The lowest BCUT2D eigenvalue weighted by molar-refractivity contribution is 0.0983. The van der Waals surface area contributed by atoms with Crippen LogP contribution in [0.5, 0.6) is 0 Å². The molecule has 126 valence electrons. The van der Waals surface area contributed by atoms with Crippen molar-refractivity contribution in [2.24, 2.45) is 7.05 Å². The number of aryl methyl sites for hydroxylation is 1. The number of H-pyrrole nitrogens is 1. The number of nitrogens with one attached hydrogen (secondary N) is 2. The highest BCUT2D eigenvalue weighted by atomic mass is 35.5. The van der Waals surface area contributed by atoms with Crippen LogP contribution in [-0.2, 0) is 7.05 Å². The molecule has 0 radical (unpaired) electrons. The molecule has 2 heterocycles. The number of nitriles is 1. The van der Waals surface area contributed by atoms with Gasteiger partial charge >= 0.3 is 5.69 Å². The normalized spacial score (nSPS) is 10.6. The minimum Gasteiger partial charge on any atom is -0.354 e. The standard InChI is InChI=1S/C17H14ClN5O2/c1-3-15(24)13-7-11(10(8-19)16(18)21-13)20-9-4-5-14-12(6-9)22-17(25)23(14)2/h4-7H,3H2,1-2H3,(H,20,21)(H,22,25). The summed E-state index contributed by atoms with van der Waals surface area (Å²) < 4.78 is 1.50. The topological polar surface area (TPSA) is 104 Å². The number of anilines is 2. The van der Waals surface area contributed by atoms with Crippen LogP contribution in [0.1, 0.15) is 29.4 Å². The highest BCUT2D eigenvalue weighted by Gasteiger charge is 2.15.